The fourth-order valence-electron chi connectivity index (χ4n) is 2.12. The van der Waals surface area contributed by atoms with E-state index in [9.17, 15) is 9.50 Å². The number of benzene rings is 1. The lowest BCUT2D eigenvalue weighted by atomic mass is 10.0. The van der Waals surface area contributed by atoms with Crippen molar-refractivity contribution in [1.82, 2.24) is 5.32 Å². The summed E-state index contributed by atoms with van der Waals surface area (Å²) in [4.78, 5) is 0. The van der Waals surface area contributed by atoms with Gasteiger partial charge in [0.1, 0.15) is 0 Å². The monoisotopic (exact) mass is 225 g/mol. The van der Waals surface area contributed by atoms with E-state index in [1.54, 1.807) is 6.07 Å². The number of nitrogens with one attached hydrogen (secondary N) is 1. The lowest BCUT2D eigenvalue weighted by Crippen LogP contribution is -2.23. The number of hydrogen-bond donors (Lipinski definition) is 2. The van der Waals surface area contributed by atoms with Crippen LogP contribution < -0.4 is 10.1 Å². The van der Waals surface area contributed by atoms with Gasteiger partial charge in [0, 0.05) is 6.04 Å². The predicted molar refractivity (Wildman–Crippen MR) is 59.3 cm³/mol. The number of hydrogen-bond acceptors (Lipinski definition) is 3. The van der Waals surface area contributed by atoms with Gasteiger partial charge in [-0.3, -0.25) is 0 Å². The molecule has 1 aliphatic heterocycles. The van der Waals surface area contributed by atoms with Crippen LogP contribution in [0.5, 0.6) is 11.5 Å². The first-order chi connectivity index (χ1) is 7.70. The number of ether oxygens (including phenoxy) is 1. The van der Waals surface area contributed by atoms with Gasteiger partial charge in [-0.05, 0) is 43.5 Å². The van der Waals surface area contributed by atoms with Crippen molar-refractivity contribution in [3.8, 4) is 11.5 Å². The molecule has 1 heterocycles. The minimum Gasteiger partial charge on any atom is -0.505 e. The van der Waals surface area contributed by atoms with Gasteiger partial charge in [-0.15, -0.1) is 0 Å². The molecule has 0 aliphatic carbocycles. The van der Waals surface area contributed by atoms with Crippen LogP contribution in [0.1, 0.15) is 18.4 Å². The molecule has 0 amide bonds. The molecule has 1 aromatic rings. The maximum Gasteiger partial charge on any atom is 0.206 e. The SMILES string of the molecule is COc1cc(CC2CCCN2)cc(O)c1F. The summed E-state index contributed by atoms with van der Waals surface area (Å²) >= 11 is 0. The van der Waals surface area contributed by atoms with Crippen molar-refractivity contribution >= 4 is 0 Å². The molecule has 1 aliphatic rings. The van der Waals surface area contributed by atoms with Crippen LogP contribution >= 0.6 is 0 Å². The Morgan fingerprint density at radius 2 is 2.38 bits per heavy atom. The van der Waals surface area contributed by atoms with Gasteiger partial charge in [0.25, 0.3) is 0 Å². The van der Waals surface area contributed by atoms with Crippen LogP contribution in [0.4, 0.5) is 4.39 Å². The first-order valence-electron chi connectivity index (χ1n) is 5.49. The Bertz CT molecular complexity index is 376. The Balaban J connectivity index is 2.17. The summed E-state index contributed by atoms with van der Waals surface area (Å²) in [7, 11) is 1.40. The normalized spacial score (nSPS) is 20.0. The number of rotatable bonds is 3. The van der Waals surface area contributed by atoms with Crippen molar-refractivity contribution in [2.75, 3.05) is 13.7 Å². The van der Waals surface area contributed by atoms with Crippen LogP contribution in [-0.2, 0) is 6.42 Å². The number of phenols is 1. The molecule has 0 spiro atoms. The molecule has 16 heavy (non-hydrogen) atoms. The Kier molecular flexibility index (Phi) is 3.29. The second-order valence-electron chi connectivity index (χ2n) is 4.13. The molecule has 0 radical (unpaired) electrons. The van der Waals surface area contributed by atoms with Gasteiger partial charge in [-0.25, -0.2) is 0 Å². The molecule has 1 aromatic carbocycles. The number of phenolic OH excluding ortho intramolecular Hbond substituents is 1. The highest BCUT2D eigenvalue weighted by atomic mass is 19.1. The zero-order chi connectivity index (χ0) is 11.5. The quantitative estimate of drug-likeness (QED) is 0.824. The van der Waals surface area contributed by atoms with Crippen LogP contribution in [0.15, 0.2) is 12.1 Å². The largest absolute Gasteiger partial charge is 0.505 e. The van der Waals surface area contributed by atoms with E-state index >= 15 is 0 Å². The zero-order valence-corrected chi connectivity index (χ0v) is 9.29. The zero-order valence-electron chi connectivity index (χ0n) is 9.29. The lowest BCUT2D eigenvalue weighted by Gasteiger charge is -2.12. The molecule has 4 heteroatoms. The second kappa shape index (κ2) is 4.70. The van der Waals surface area contributed by atoms with E-state index in [4.69, 9.17) is 4.74 Å². The molecular weight excluding hydrogens is 209 g/mol. The first-order valence-corrected chi connectivity index (χ1v) is 5.49. The van der Waals surface area contributed by atoms with Gasteiger partial charge in [-0.1, -0.05) is 0 Å². The minimum absolute atomic E-state index is 0.105. The second-order valence-corrected chi connectivity index (χ2v) is 4.13. The smallest absolute Gasteiger partial charge is 0.206 e. The van der Waals surface area contributed by atoms with Gasteiger partial charge >= 0.3 is 0 Å². The van der Waals surface area contributed by atoms with Crippen molar-refractivity contribution in [1.29, 1.82) is 0 Å². The Morgan fingerprint density at radius 1 is 1.56 bits per heavy atom. The lowest BCUT2D eigenvalue weighted by molar-refractivity contribution is 0.363. The molecule has 0 bridgehead atoms. The summed E-state index contributed by atoms with van der Waals surface area (Å²) < 4.78 is 18.2. The molecule has 1 unspecified atom stereocenters. The summed E-state index contributed by atoms with van der Waals surface area (Å²) in [5.74, 6) is -0.925. The van der Waals surface area contributed by atoms with E-state index < -0.39 is 5.82 Å². The molecule has 88 valence electrons. The van der Waals surface area contributed by atoms with Crippen LogP contribution in [0.3, 0.4) is 0 Å². The Morgan fingerprint density at radius 3 is 3.00 bits per heavy atom. The average Bonchev–Trinajstić information content (AvgIpc) is 2.76. The van der Waals surface area contributed by atoms with Gasteiger partial charge in [0.15, 0.2) is 11.5 Å². The van der Waals surface area contributed by atoms with Crippen molar-refractivity contribution in [3.63, 3.8) is 0 Å². The van der Waals surface area contributed by atoms with Crippen LogP contribution in [-0.4, -0.2) is 24.8 Å². The summed E-state index contributed by atoms with van der Waals surface area (Å²) in [6.45, 7) is 1.04. The average molecular weight is 225 g/mol. The predicted octanol–water partition coefficient (Wildman–Crippen LogP) is 1.83. The Hall–Kier alpha value is -1.29. The highest BCUT2D eigenvalue weighted by Crippen LogP contribution is 2.28. The molecule has 3 nitrogen and oxygen atoms in total. The summed E-state index contributed by atoms with van der Waals surface area (Å²) in [6.07, 6.45) is 3.10. The van der Waals surface area contributed by atoms with E-state index in [1.165, 1.54) is 19.6 Å². The van der Waals surface area contributed by atoms with E-state index in [-0.39, 0.29) is 11.5 Å². The van der Waals surface area contributed by atoms with E-state index in [2.05, 4.69) is 5.32 Å². The minimum atomic E-state index is -0.689. The maximum atomic E-state index is 13.3. The van der Waals surface area contributed by atoms with Crippen molar-refractivity contribution in [2.24, 2.45) is 0 Å². The molecular formula is C12H16FNO2. The van der Waals surface area contributed by atoms with Crippen molar-refractivity contribution < 1.29 is 14.2 Å². The summed E-state index contributed by atoms with van der Waals surface area (Å²) in [6, 6.07) is 3.54. The molecule has 0 aromatic heterocycles. The van der Waals surface area contributed by atoms with E-state index in [0.29, 0.717) is 6.04 Å². The van der Waals surface area contributed by atoms with Gasteiger partial charge < -0.3 is 15.2 Å². The molecule has 1 fully saturated rings. The maximum absolute atomic E-state index is 13.3. The third-order valence-corrected chi connectivity index (χ3v) is 2.94. The van der Waals surface area contributed by atoms with Crippen molar-refractivity contribution in [3.05, 3.63) is 23.5 Å². The summed E-state index contributed by atoms with van der Waals surface area (Å²) in [5.41, 5.74) is 0.898. The van der Waals surface area contributed by atoms with Gasteiger partial charge in [-0.2, -0.15) is 4.39 Å². The van der Waals surface area contributed by atoms with Crippen LogP contribution in [0, 0.1) is 5.82 Å². The highest BCUT2D eigenvalue weighted by Gasteiger charge is 2.17. The number of halogens is 1. The molecule has 0 saturated carbocycles. The fraction of sp³-hybridized carbons (Fsp3) is 0.500. The third-order valence-electron chi connectivity index (χ3n) is 2.94. The molecule has 1 saturated heterocycles. The van der Waals surface area contributed by atoms with Crippen LogP contribution in [0.25, 0.3) is 0 Å². The van der Waals surface area contributed by atoms with E-state index in [0.717, 1.165) is 24.9 Å². The Labute approximate surface area is 94.2 Å². The van der Waals surface area contributed by atoms with Crippen molar-refractivity contribution in [2.45, 2.75) is 25.3 Å². The summed E-state index contributed by atoms with van der Waals surface area (Å²) in [5, 5.41) is 12.8. The van der Waals surface area contributed by atoms with Gasteiger partial charge in [0.2, 0.25) is 5.82 Å². The molecule has 1 atom stereocenters. The fourth-order valence-corrected chi connectivity index (χ4v) is 2.12. The van der Waals surface area contributed by atoms with Crippen LogP contribution in [0.2, 0.25) is 0 Å². The highest BCUT2D eigenvalue weighted by molar-refractivity contribution is 5.40. The third kappa shape index (κ3) is 2.27. The molecule has 2 rings (SSSR count). The number of aromatic hydroxyl groups is 1. The number of methoxy groups -OCH3 is 1. The topological polar surface area (TPSA) is 41.5 Å². The van der Waals surface area contributed by atoms with Gasteiger partial charge in [0.05, 0.1) is 7.11 Å². The first kappa shape index (κ1) is 11.2. The molecule has 2 N–H and O–H groups in total. The standard InChI is InChI=1S/C12H16FNO2/c1-16-11-7-8(6-10(15)12(11)13)5-9-3-2-4-14-9/h6-7,9,14-15H,2-5H2,1H3. The van der Waals surface area contributed by atoms with E-state index in [1.807, 2.05) is 0 Å².